The molecule has 4 rings (SSSR count). The molecular formula is C20H28N6. The van der Waals surface area contributed by atoms with E-state index < -0.39 is 0 Å². The first kappa shape index (κ1) is 17.2. The molecule has 0 saturated carbocycles. The molecule has 2 aliphatic heterocycles. The van der Waals surface area contributed by atoms with Crippen molar-refractivity contribution in [1.29, 1.82) is 0 Å². The summed E-state index contributed by atoms with van der Waals surface area (Å²) in [6.07, 6.45) is 1.72. The summed E-state index contributed by atoms with van der Waals surface area (Å²) in [7, 11) is 2.18. The summed E-state index contributed by atoms with van der Waals surface area (Å²) in [4.78, 5) is 18.7. The largest absolute Gasteiger partial charge is 0.354 e. The van der Waals surface area contributed by atoms with Gasteiger partial charge in [-0.2, -0.15) is 0 Å². The van der Waals surface area contributed by atoms with Gasteiger partial charge in [0.1, 0.15) is 18.0 Å². The van der Waals surface area contributed by atoms with E-state index in [-0.39, 0.29) is 0 Å². The van der Waals surface area contributed by atoms with E-state index in [1.54, 1.807) is 6.33 Å². The number of likely N-dealkylation sites (N-methyl/N-ethyl adjacent to an activating group) is 1. The summed E-state index contributed by atoms with van der Waals surface area (Å²) >= 11 is 0. The molecule has 26 heavy (non-hydrogen) atoms. The van der Waals surface area contributed by atoms with Gasteiger partial charge in [-0.1, -0.05) is 30.3 Å². The zero-order valence-corrected chi connectivity index (χ0v) is 15.6. The van der Waals surface area contributed by atoms with E-state index >= 15 is 0 Å². The van der Waals surface area contributed by atoms with Crippen molar-refractivity contribution in [3.05, 3.63) is 48.3 Å². The van der Waals surface area contributed by atoms with E-state index in [4.69, 9.17) is 0 Å². The third-order valence-electron chi connectivity index (χ3n) is 5.41. The Labute approximate surface area is 156 Å². The number of piperazine rings is 2. The van der Waals surface area contributed by atoms with E-state index in [0.29, 0.717) is 0 Å². The van der Waals surface area contributed by atoms with Crippen LogP contribution >= 0.6 is 0 Å². The predicted molar refractivity (Wildman–Crippen MR) is 106 cm³/mol. The number of rotatable bonds is 4. The van der Waals surface area contributed by atoms with Crippen LogP contribution in [-0.4, -0.2) is 79.2 Å². The molecule has 2 aromatic rings. The second-order valence-corrected chi connectivity index (χ2v) is 7.27. The third kappa shape index (κ3) is 4.14. The predicted octanol–water partition coefficient (Wildman–Crippen LogP) is 1.55. The van der Waals surface area contributed by atoms with E-state index in [1.807, 2.05) is 0 Å². The lowest BCUT2D eigenvalue weighted by atomic mass is 10.2. The summed E-state index contributed by atoms with van der Waals surface area (Å²) in [5, 5.41) is 0. The van der Waals surface area contributed by atoms with Gasteiger partial charge in [-0.05, 0) is 12.6 Å². The van der Waals surface area contributed by atoms with Gasteiger partial charge in [0.15, 0.2) is 0 Å². The second-order valence-electron chi connectivity index (χ2n) is 7.27. The quantitative estimate of drug-likeness (QED) is 0.831. The Morgan fingerprint density at radius 2 is 1.35 bits per heavy atom. The van der Waals surface area contributed by atoms with Crippen molar-refractivity contribution in [3.63, 3.8) is 0 Å². The van der Waals surface area contributed by atoms with Crippen molar-refractivity contribution < 1.29 is 0 Å². The van der Waals surface area contributed by atoms with Crippen molar-refractivity contribution in [2.45, 2.75) is 6.54 Å². The molecule has 2 fully saturated rings. The van der Waals surface area contributed by atoms with Gasteiger partial charge in [-0.25, -0.2) is 9.97 Å². The lowest BCUT2D eigenvalue weighted by molar-refractivity contribution is 0.249. The van der Waals surface area contributed by atoms with E-state index in [9.17, 15) is 0 Å². The Morgan fingerprint density at radius 3 is 1.96 bits per heavy atom. The molecule has 2 saturated heterocycles. The molecule has 0 radical (unpaired) electrons. The topological polar surface area (TPSA) is 38.7 Å². The monoisotopic (exact) mass is 352 g/mol. The highest BCUT2D eigenvalue weighted by Gasteiger charge is 2.20. The van der Waals surface area contributed by atoms with Crippen LogP contribution in [0, 0.1) is 0 Å². The fourth-order valence-corrected chi connectivity index (χ4v) is 3.70. The Morgan fingerprint density at radius 1 is 0.769 bits per heavy atom. The number of benzene rings is 1. The molecule has 0 amide bonds. The van der Waals surface area contributed by atoms with Crippen LogP contribution in [-0.2, 0) is 6.54 Å². The van der Waals surface area contributed by atoms with E-state index in [1.165, 1.54) is 5.56 Å². The molecule has 6 heteroatoms. The Hall–Kier alpha value is -2.18. The molecule has 0 N–H and O–H groups in total. The zero-order valence-electron chi connectivity index (χ0n) is 15.6. The van der Waals surface area contributed by atoms with Crippen LogP contribution in [0.15, 0.2) is 42.7 Å². The number of hydrogen-bond acceptors (Lipinski definition) is 6. The zero-order chi connectivity index (χ0) is 17.8. The lowest BCUT2D eigenvalue weighted by Gasteiger charge is -2.36. The minimum absolute atomic E-state index is 1.02. The fourth-order valence-electron chi connectivity index (χ4n) is 3.70. The minimum Gasteiger partial charge on any atom is -0.354 e. The maximum Gasteiger partial charge on any atom is 0.134 e. The number of anilines is 2. The highest BCUT2D eigenvalue weighted by atomic mass is 15.3. The molecule has 1 aromatic heterocycles. The third-order valence-corrected chi connectivity index (χ3v) is 5.41. The molecule has 0 unspecified atom stereocenters. The minimum atomic E-state index is 1.02. The van der Waals surface area contributed by atoms with Gasteiger partial charge in [0.25, 0.3) is 0 Å². The first-order valence-electron chi connectivity index (χ1n) is 9.55. The van der Waals surface area contributed by atoms with Crippen LogP contribution in [0.1, 0.15) is 5.56 Å². The van der Waals surface area contributed by atoms with Crippen LogP contribution in [0.5, 0.6) is 0 Å². The highest BCUT2D eigenvalue weighted by Crippen LogP contribution is 2.20. The summed E-state index contributed by atoms with van der Waals surface area (Å²) in [6, 6.07) is 12.9. The molecular weight excluding hydrogens is 324 g/mol. The van der Waals surface area contributed by atoms with Crippen LogP contribution in [0.4, 0.5) is 11.6 Å². The molecule has 1 aromatic carbocycles. The maximum atomic E-state index is 4.54. The van der Waals surface area contributed by atoms with Gasteiger partial charge in [-0.3, -0.25) is 4.90 Å². The fraction of sp³-hybridized carbons (Fsp3) is 0.500. The molecule has 3 heterocycles. The molecule has 0 bridgehead atoms. The summed E-state index contributed by atoms with van der Waals surface area (Å²) in [5.41, 5.74) is 1.39. The summed E-state index contributed by atoms with van der Waals surface area (Å²) < 4.78 is 0. The standard InChI is InChI=1S/C20H28N6/c1-23-7-11-25(12-8-23)19-15-20(22-17-21-19)26-13-9-24(10-14-26)16-18-5-3-2-4-6-18/h2-6,15,17H,7-14,16H2,1H3. The first-order chi connectivity index (χ1) is 12.8. The molecule has 0 aliphatic carbocycles. The van der Waals surface area contributed by atoms with Crippen molar-refractivity contribution in [2.24, 2.45) is 0 Å². The normalized spacial score (nSPS) is 19.7. The van der Waals surface area contributed by atoms with Gasteiger partial charge in [0, 0.05) is 65.0 Å². The van der Waals surface area contributed by atoms with Gasteiger partial charge in [-0.15, -0.1) is 0 Å². The molecule has 0 atom stereocenters. The SMILES string of the molecule is CN1CCN(c2cc(N3CCN(Cc4ccccc4)CC3)ncn2)CC1. The van der Waals surface area contributed by atoms with Gasteiger partial charge < -0.3 is 14.7 Å². The Kier molecular flexibility index (Phi) is 5.32. The van der Waals surface area contributed by atoms with Gasteiger partial charge in [0.05, 0.1) is 0 Å². The lowest BCUT2D eigenvalue weighted by Crippen LogP contribution is -2.46. The first-order valence-corrected chi connectivity index (χ1v) is 9.55. The van der Waals surface area contributed by atoms with E-state index in [0.717, 1.165) is 70.5 Å². The molecule has 2 aliphatic rings. The number of nitrogens with zero attached hydrogens (tertiary/aromatic N) is 6. The van der Waals surface area contributed by atoms with Crippen molar-refractivity contribution in [2.75, 3.05) is 69.2 Å². The van der Waals surface area contributed by atoms with E-state index in [2.05, 4.69) is 73.0 Å². The average Bonchev–Trinajstić information content (AvgIpc) is 2.70. The Balaban J connectivity index is 1.35. The van der Waals surface area contributed by atoms with Crippen molar-refractivity contribution in [1.82, 2.24) is 19.8 Å². The molecule has 138 valence electrons. The molecule has 0 spiro atoms. The van der Waals surface area contributed by atoms with Crippen molar-refractivity contribution in [3.8, 4) is 0 Å². The summed E-state index contributed by atoms with van der Waals surface area (Å²) in [6.45, 7) is 9.49. The van der Waals surface area contributed by atoms with Gasteiger partial charge >= 0.3 is 0 Å². The second kappa shape index (κ2) is 8.01. The van der Waals surface area contributed by atoms with Crippen LogP contribution < -0.4 is 9.80 Å². The number of hydrogen-bond donors (Lipinski definition) is 0. The highest BCUT2D eigenvalue weighted by molar-refractivity contribution is 5.50. The smallest absolute Gasteiger partial charge is 0.134 e. The van der Waals surface area contributed by atoms with Crippen LogP contribution in [0.2, 0.25) is 0 Å². The summed E-state index contributed by atoms with van der Waals surface area (Å²) in [5.74, 6) is 2.13. The van der Waals surface area contributed by atoms with Crippen molar-refractivity contribution >= 4 is 11.6 Å². The number of aromatic nitrogens is 2. The maximum absolute atomic E-state index is 4.54. The van der Waals surface area contributed by atoms with Gasteiger partial charge in [0.2, 0.25) is 0 Å². The van der Waals surface area contributed by atoms with Crippen LogP contribution in [0.3, 0.4) is 0 Å². The Bertz CT molecular complexity index is 690. The average molecular weight is 352 g/mol. The molecule has 6 nitrogen and oxygen atoms in total. The van der Waals surface area contributed by atoms with Crippen LogP contribution in [0.25, 0.3) is 0 Å².